The van der Waals surface area contributed by atoms with Gasteiger partial charge in [-0.25, -0.2) is 0 Å². The monoisotopic (exact) mass is 390 g/mol. The number of rotatable bonds is 7. The van der Waals surface area contributed by atoms with E-state index < -0.39 is 9.87 Å². The van der Waals surface area contributed by atoms with E-state index in [1.807, 2.05) is 13.8 Å². The summed E-state index contributed by atoms with van der Waals surface area (Å²) in [6, 6.07) is 0. The largest absolute Gasteiger partial charge is 0.460 e. The van der Waals surface area contributed by atoms with Gasteiger partial charge in [-0.15, -0.1) is 0 Å². The molecule has 0 spiro atoms. The Labute approximate surface area is 152 Å². The van der Waals surface area contributed by atoms with Crippen molar-refractivity contribution in [3.63, 3.8) is 0 Å². The molecule has 0 aromatic rings. The van der Waals surface area contributed by atoms with Crippen molar-refractivity contribution in [1.82, 2.24) is 0 Å². The lowest BCUT2D eigenvalue weighted by Gasteiger charge is -2.38. The molecule has 0 N–H and O–H groups in total. The van der Waals surface area contributed by atoms with Crippen LogP contribution >= 0.6 is 71.3 Å². The standard InChI is InChI=1S/C12H22O2S6/c1-7(2)11(5,13-9(15)16)19-20-12(6,8(3)4)14-10(17)18/h7-8H,1-6H3,(H,15,16)(H,17,18). The normalized spacial score (nSPS) is 17.5. The minimum atomic E-state index is -0.485. The molecular weight excluding hydrogens is 369 g/mol. The van der Waals surface area contributed by atoms with Crippen LogP contribution in [0.3, 0.4) is 0 Å². The van der Waals surface area contributed by atoms with Crippen LogP contribution < -0.4 is 0 Å². The Morgan fingerprint density at radius 2 is 1.10 bits per heavy atom. The second kappa shape index (κ2) is 8.72. The van der Waals surface area contributed by atoms with Gasteiger partial charge in [0.05, 0.1) is 0 Å². The summed E-state index contributed by atoms with van der Waals surface area (Å²) < 4.78 is 11.9. The molecule has 0 aromatic heterocycles. The van der Waals surface area contributed by atoms with Crippen LogP contribution in [0.4, 0.5) is 0 Å². The fourth-order valence-electron chi connectivity index (χ4n) is 0.974. The summed E-state index contributed by atoms with van der Waals surface area (Å²) >= 11 is 18.0. The third kappa shape index (κ3) is 6.96. The molecule has 0 saturated heterocycles. The third-order valence-corrected chi connectivity index (χ3v) is 7.49. The maximum absolute atomic E-state index is 5.71. The van der Waals surface area contributed by atoms with Crippen LogP contribution in [0.25, 0.3) is 0 Å². The second-order valence-electron chi connectivity index (χ2n) is 5.24. The Bertz CT molecular complexity index is 326. The first-order valence-electron chi connectivity index (χ1n) is 6.13. The molecule has 0 radical (unpaired) electrons. The lowest BCUT2D eigenvalue weighted by Crippen LogP contribution is -2.35. The lowest BCUT2D eigenvalue weighted by molar-refractivity contribution is 0.128. The van der Waals surface area contributed by atoms with Crippen molar-refractivity contribution in [2.45, 2.75) is 51.4 Å². The van der Waals surface area contributed by atoms with Crippen molar-refractivity contribution < 1.29 is 9.47 Å². The summed E-state index contributed by atoms with van der Waals surface area (Å²) in [4.78, 5) is -0.970. The van der Waals surface area contributed by atoms with E-state index in [-0.39, 0.29) is 20.6 Å². The van der Waals surface area contributed by atoms with Crippen molar-refractivity contribution >= 4 is 80.0 Å². The maximum Gasteiger partial charge on any atom is 0.218 e. The molecule has 2 unspecified atom stereocenters. The van der Waals surface area contributed by atoms with Gasteiger partial charge in [-0.1, -0.05) is 53.0 Å². The molecule has 0 aliphatic carbocycles. The van der Waals surface area contributed by atoms with Gasteiger partial charge < -0.3 is 9.47 Å². The Hall–Kier alpha value is 1.18. The quantitative estimate of drug-likeness (QED) is 0.254. The highest BCUT2D eigenvalue weighted by molar-refractivity contribution is 8.77. The first-order chi connectivity index (χ1) is 8.93. The van der Waals surface area contributed by atoms with E-state index in [2.05, 4.69) is 53.0 Å². The van der Waals surface area contributed by atoms with Crippen LogP contribution in [0.1, 0.15) is 41.5 Å². The number of hydrogen-bond donors (Lipinski definition) is 2. The van der Waals surface area contributed by atoms with E-state index in [1.54, 1.807) is 21.6 Å². The zero-order chi connectivity index (χ0) is 16.1. The molecule has 0 heterocycles. The SMILES string of the molecule is CC(C)C(C)(OC(=S)S)SSC(C)(OC(=S)S)C(C)C. The summed E-state index contributed by atoms with van der Waals surface area (Å²) in [6.45, 7) is 12.3. The van der Waals surface area contributed by atoms with Gasteiger partial charge in [-0.3, -0.25) is 0 Å². The van der Waals surface area contributed by atoms with Crippen LogP contribution in [-0.4, -0.2) is 18.6 Å². The molecule has 0 aromatic carbocycles. The first kappa shape index (κ1) is 21.2. The predicted octanol–water partition coefficient (Wildman–Crippen LogP) is 5.57. The van der Waals surface area contributed by atoms with Crippen LogP contribution in [0.2, 0.25) is 0 Å². The number of hydrogen-bond acceptors (Lipinski definition) is 6. The fraction of sp³-hybridized carbons (Fsp3) is 0.833. The number of thiol groups is 2. The van der Waals surface area contributed by atoms with E-state index in [9.17, 15) is 0 Å². The molecule has 20 heavy (non-hydrogen) atoms. The summed E-state index contributed by atoms with van der Waals surface area (Å²) in [5.41, 5.74) is 0. The van der Waals surface area contributed by atoms with Gasteiger partial charge in [0.15, 0.2) is 9.87 Å². The minimum Gasteiger partial charge on any atom is -0.460 e. The highest BCUT2D eigenvalue weighted by Crippen LogP contribution is 2.51. The Balaban J connectivity index is 4.97. The van der Waals surface area contributed by atoms with Gasteiger partial charge in [-0.2, -0.15) is 0 Å². The van der Waals surface area contributed by atoms with E-state index >= 15 is 0 Å². The Kier molecular flexibility index (Phi) is 9.23. The molecule has 0 amide bonds. The summed E-state index contributed by atoms with van der Waals surface area (Å²) in [6.07, 6.45) is 0. The molecule has 0 fully saturated rings. The molecule has 0 rings (SSSR count). The fourth-order valence-corrected chi connectivity index (χ4v) is 5.23. The zero-order valence-electron chi connectivity index (χ0n) is 12.5. The second-order valence-corrected chi connectivity index (χ2v) is 10.4. The van der Waals surface area contributed by atoms with Crippen LogP contribution in [-0.2, 0) is 9.47 Å². The van der Waals surface area contributed by atoms with E-state index in [0.717, 1.165) is 0 Å². The van der Waals surface area contributed by atoms with Crippen molar-refractivity contribution in [3.8, 4) is 0 Å². The van der Waals surface area contributed by atoms with Gasteiger partial charge in [0.1, 0.15) is 0 Å². The van der Waals surface area contributed by atoms with E-state index in [1.165, 1.54) is 0 Å². The van der Waals surface area contributed by atoms with Crippen molar-refractivity contribution in [2.75, 3.05) is 0 Å². The molecule has 0 aliphatic rings. The molecule has 118 valence electrons. The highest BCUT2D eigenvalue weighted by atomic mass is 33.1. The molecular formula is C12H22O2S6. The zero-order valence-corrected chi connectivity index (χ0v) is 17.6. The third-order valence-electron chi connectivity index (χ3n) is 3.05. The number of thiocarbonyl (C=S) groups is 2. The smallest absolute Gasteiger partial charge is 0.218 e. The van der Waals surface area contributed by atoms with Crippen LogP contribution in [0.5, 0.6) is 0 Å². The Morgan fingerprint density at radius 1 is 0.850 bits per heavy atom. The van der Waals surface area contributed by atoms with Crippen molar-refractivity contribution in [3.05, 3.63) is 0 Å². The average Bonchev–Trinajstić information content (AvgIpc) is 2.24. The van der Waals surface area contributed by atoms with Crippen LogP contribution in [0.15, 0.2) is 0 Å². The predicted molar refractivity (Wildman–Crippen MR) is 107 cm³/mol. The van der Waals surface area contributed by atoms with Gasteiger partial charge in [-0.05, 0) is 59.9 Å². The molecule has 0 aliphatic heterocycles. The first-order valence-corrected chi connectivity index (χ1v) is 9.99. The van der Waals surface area contributed by atoms with E-state index in [4.69, 9.17) is 33.9 Å². The van der Waals surface area contributed by atoms with Crippen molar-refractivity contribution in [2.24, 2.45) is 11.8 Å². The van der Waals surface area contributed by atoms with Crippen molar-refractivity contribution in [1.29, 1.82) is 0 Å². The average molecular weight is 391 g/mol. The number of ether oxygens (including phenoxy) is 2. The summed E-state index contributed by atoms with van der Waals surface area (Å²) in [5.74, 6) is 0.508. The Morgan fingerprint density at radius 3 is 1.25 bits per heavy atom. The van der Waals surface area contributed by atoms with Gasteiger partial charge in [0.25, 0.3) is 0 Å². The maximum atomic E-state index is 5.71. The van der Waals surface area contributed by atoms with Crippen LogP contribution in [0, 0.1) is 11.8 Å². The van der Waals surface area contributed by atoms with Gasteiger partial charge >= 0.3 is 0 Å². The highest BCUT2D eigenvalue weighted by Gasteiger charge is 2.39. The minimum absolute atomic E-state index is 0.242. The summed E-state index contributed by atoms with van der Waals surface area (Å²) in [5, 5.41) is 0. The topological polar surface area (TPSA) is 18.5 Å². The van der Waals surface area contributed by atoms with E-state index in [0.29, 0.717) is 0 Å². The van der Waals surface area contributed by atoms with Gasteiger partial charge in [0, 0.05) is 11.8 Å². The van der Waals surface area contributed by atoms with Gasteiger partial charge in [0.2, 0.25) is 8.77 Å². The molecule has 0 bridgehead atoms. The summed E-state index contributed by atoms with van der Waals surface area (Å²) in [7, 11) is 3.15. The molecule has 8 heteroatoms. The lowest BCUT2D eigenvalue weighted by atomic mass is 10.1. The molecule has 2 nitrogen and oxygen atoms in total. The molecule has 2 atom stereocenters. The molecule has 0 saturated carbocycles.